The van der Waals surface area contributed by atoms with Crippen LogP contribution in [0.25, 0.3) is 0 Å². The van der Waals surface area contributed by atoms with E-state index < -0.39 is 0 Å². The number of nitrogens with zero attached hydrogens (tertiary/aromatic N) is 1. The van der Waals surface area contributed by atoms with Gasteiger partial charge in [-0.15, -0.1) is 11.3 Å². The van der Waals surface area contributed by atoms with Crippen molar-refractivity contribution in [3.63, 3.8) is 0 Å². The maximum Gasteiger partial charge on any atom is 0.0440 e. The van der Waals surface area contributed by atoms with Crippen molar-refractivity contribution >= 4 is 11.3 Å². The Bertz CT molecular complexity index is 380. The summed E-state index contributed by atoms with van der Waals surface area (Å²) in [5.41, 5.74) is 0. The lowest BCUT2D eigenvalue weighted by Crippen LogP contribution is -2.44. The summed E-state index contributed by atoms with van der Waals surface area (Å²) in [7, 11) is 0. The van der Waals surface area contributed by atoms with Gasteiger partial charge in [0, 0.05) is 17.0 Å². The molecule has 2 rings (SSSR count). The van der Waals surface area contributed by atoms with Gasteiger partial charge in [-0.1, -0.05) is 26.8 Å². The molecule has 1 aliphatic heterocycles. The van der Waals surface area contributed by atoms with Crippen LogP contribution in [0.3, 0.4) is 0 Å². The summed E-state index contributed by atoms with van der Waals surface area (Å²) in [6, 6.07) is 5.57. The van der Waals surface area contributed by atoms with Crippen LogP contribution in [0.5, 0.6) is 0 Å². The maximum atomic E-state index is 3.93. The average Bonchev–Trinajstić information content (AvgIpc) is 2.99. The highest BCUT2D eigenvalue weighted by atomic mass is 32.1. The van der Waals surface area contributed by atoms with Crippen LogP contribution in [0.1, 0.15) is 57.9 Å². The topological polar surface area (TPSA) is 15.3 Å². The van der Waals surface area contributed by atoms with Crippen LogP contribution in [0.15, 0.2) is 17.5 Å². The van der Waals surface area contributed by atoms with Crippen LogP contribution in [0.2, 0.25) is 0 Å². The Morgan fingerprint density at radius 1 is 1.29 bits per heavy atom. The SMILES string of the molecule is CCCN1CCC(C(C)NC(c2cccs2)C(C)C)CC1. The molecule has 1 aromatic heterocycles. The molecule has 3 heteroatoms. The highest BCUT2D eigenvalue weighted by molar-refractivity contribution is 7.10. The van der Waals surface area contributed by atoms with Gasteiger partial charge >= 0.3 is 0 Å². The molecule has 2 heterocycles. The monoisotopic (exact) mass is 308 g/mol. The molecule has 0 aromatic carbocycles. The first-order valence-electron chi connectivity index (χ1n) is 8.63. The molecule has 2 nitrogen and oxygen atoms in total. The normalized spacial score (nSPS) is 20.8. The predicted molar refractivity (Wildman–Crippen MR) is 94.0 cm³/mol. The minimum Gasteiger partial charge on any atom is -0.306 e. The van der Waals surface area contributed by atoms with Crippen LogP contribution in [0, 0.1) is 11.8 Å². The Morgan fingerprint density at radius 2 is 2.00 bits per heavy atom. The molecule has 1 saturated heterocycles. The third-order valence-electron chi connectivity index (χ3n) is 4.84. The fourth-order valence-corrected chi connectivity index (χ4v) is 4.44. The van der Waals surface area contributed by atoms with Gasteiger partial charge in [-0.3, -0.25) is 0 Å². The Balaban J connectivity index is 1.87. The second kappa shape index (κ2) is 8.30. The fourth-order valence-electron chi connectivity index (χ4n) is 3.48. The summed E-state index contributed by atoms with van der Waals surface area (Å²) in [6.45, 7) is 13.2. The standard InChI is InChI=1S/C18H32N2S/c1-5-10-20-11-8-16(9-12-20)15(4)19-18(14(2)3)17-7-6-13-21-17/h6-7,13-16,18-19H,5,8-12H2,1-4H3. The summed E-state index contributed by atoms with van der Waals surface area (Å²) >= 11 is 1.88. The first-order valence-corrected chi connectivity index (χ1v) is 9.51. The summed E-state index contributed by atoms with van der Waals surface area (Å²) in [5.74, 6) is 1.48. The van der Waals surface area contributed by atoms with E-state index in [1.165, 1.54) is 43.8 Å². The number of nitrogens with one attached hydrogen (secondary N) is 1. The molecule has 0 aliphatic carbocycles. The van der Waals surface area contributed by atoms with Crippen molar-refractivity contribution in [3.05, 3.63) is 22.4 Å². The second-order valence-corrected chi connectivity index (χ2v) is 7.85. The molecule has 1 fully saturated rings. The molecular weight excluding hydrogens is 276 g/mol. The second-order valence-electron chi connectivity index (χ2n) is 6.87. The van der Waals surface area contributed by atoms with Crippen LogP contribution < -0.4 is 5.32 Å². The summed E-state index contributed by atoms with van der Waals surface area (Å²) in [5, 5.41) is 6.12. The van der Waals surface area contributed by atoms with Crippen molar-refractivity contribution in [1.82, 2.24) is 10.2 Å². The summed E-state index contributed by atoms with van der Waals surface area (Å²) in [6.07, 6.45) is 3.99. The number of likely N-dealkylation sites (tertiary alicyclic amines) is 1. The molecule has 21 heavy (non-hydrogen) atoms. The summed E-state index contributed by atoms with van der Waals surface area (Å²) < 4.78 is 0. The minimum atomic E-state index is 0.508. The van der Waals surface area contributed by atoms with Gasteiger partial charge in [0.25, 0.3) is 0 Å². The zero-order chi connectivity index (χ0) is 15.2. The number of piperidine rings is 1. The molecule has 0 spiro atoms. The Labute approximate surface area is 134 Å². The lowest BCUT2D eigenvalue weighted by atomic mass is 9.89. The van der Waals surface area contributed by atoms with Gasteiger partial charge in [0.2, 0.25) is 0 Å². The third kappa shape index (κ3) is 4.80. The molecule has 0 radical (unpaired) electrons. The average molecular weight is 309 g/mol. The van der Waals surface area contributed by atoms with E-state index in [-0.39, 0.29) is 0 Å². The maximum absolute atomic E-state index is 3.93. The molecule has 1 aromatic rings. The van der Waals surface area contributed by atoms with Gasteiger partial charge in [-0.2, -0.15) is 0 Å². The van der Waals surface area contributed by atoms with E-state index in [0.29, 0.717) is 18.0 Å². The van der Waals surface area contributed by atoms with Crippen LogP contribution in [0.4, 0.5) is 0 Å². The molecule has 0 saturated carbocycles. The Kier molecular flexibility index (Phi) is 6.72. The molecule has 120 valence electrons. The fraction of sp³-hybridized carbons (Fsp3) is 0.778. The van der Waals surface area contributed by atoms with Crippen molar-refractivity contribution in [1.29, 1.82) is 0 Å². The smallest absolute Gasteiger partial charge is 0.0440 e. The largest absolute Gasteiger partial charge is 0.306 e. The van der Waals surface area contributed by atoms with Crippen molar-refractivity contribution in [2.45, 2.75) is 59.0 Å². The van der Waals surface area contributed by atoms with E-state index in [2.05, 4.69) is 55.4 Å². The van der Waals surface area contributed by atoms with Crippen molar-refractivity contribution in [3.8, 4) is 0 Å². The quantitative estimate of drug-likeness (QED) is 0.795. The van der Waals surface area contributed by atoms with Gasteiger partial charge in [0.15, 0.2) is 0 Å². The van der Waals surface area contributed by atoms with Gasteiger partial charge in [0.1, 0.15) is 0 Å². The van der Waals surface area contributed by atoms with Crippen molar-refractivity contribution < 1.29 is 0 Å². The molecule has 2 unspecified atom stereocenters. The van der Waals surface area contributed by atoms with Crippen molar-refractivity contribution in [2.75, 3.05) is 19.6 Å². The van der Waals surface area contributed by atoms with Gasteiger partial charge < -0.3 is 10.2 Å². The van der Waals surface area contributed by atoms with Gasteiger partial charge in [0.05, 0.1) is 0 Å². The van der Waals surface area contributed by atoms with Gasteiger partial charge in [-0.05, 0) is 69.1 Å². The van der Waals surface area contributed by atoms with Crippen LogP contribution >= 0.6 is 11.3 Å². The molecule has 1 N–H and O–H groups in total. The van der Waals surface area contributed by atoms with Gasteiger partial charge in [-0.25, -0.2) is 0 Å². The highest BCUT2D eigenvalue weighted by Crippen LogP contribution is 2.29. The first-order chi connectivity index (χ1) is 10.1. The van der Waals surface area contributed by atoms with Crippen molar-refractivity contribution in [2.24, 2.45) is 11.8 Å². The van der Waals surface area contributed by atoms with E-state index in [4.69, 9.17) is 0 Å². The molecular formula is C18H32N2S. The lowest BCUT2D eigenvalue weighted by Gasteiger charge is -2.37. The Hall–Kier alpha value is -0.380. The molecule has 2 atom stereocenters. The number of rotatable bonds is 7. The zero-order valence-corrected chi connectivity index (χ0v) is 15.0. The van der Waals surface area contributed by atoms with E-state index in [9.17, 15) is 0 Å². The van der Waals surface area contributed by atoms with Crippen LogP contribution in [-0.4, -0.2) is 30.6 Å². The van der Waals surface area contributed by atoms with E-state index >= 15 is 0 Å². The molecule has 0 bridgehead atoms. The minimum absolute atomic E-state index is 0.508. The molecule has 1 aliphatic rings. The van der Waals surface area contributed by atoms with E-state index in [1.54, 1.807) is 0 Å². The molecule has 0 amide bonds. The third-order valence-corrected chi connectivity index (χ3v) is 5.79. The van der Waals surface area contributed by atoms with E-state index in [1.807, 2.05) is 11.3 Å². The zero-order valence-electron chi connectivity index (χ0n) is 14.1. The number of hydrogen-bond donors (Lipinski definition) is 1. The summed E-state index contributed by atoms with van der Waals surface area (Å²) in [4.78, 5) is 4.11. The predicted octanol–water partition coefficient (Wildman–Crippen LogP) is 4.55. The lowest BCUT2D eigenvalue weighted by molar-refractivity contribution is 0.155. The van der Waals surface area contributed by atoms with Crippen LogP contribution in [-0.2, 0) is 0 Å². The number of hydrogen-bond acceptors (Lipinski definition) is 3. The first kappa shape index (κ1) is 17.0. The highest BCUT2D eigenvalue weighted by Gasteiger charge is 2.26. The number of thiophene rings is 1. The Morgan fingerprint density at radius 3 is 2.52 bits per heavy atom. The van der Waals surface area contributed by atoms with E-state index in [0.717, 1.165) is 5.92 Å².